The number of aromatic nitrogens is 1. The zero-order chi connectivity index (χ0) is 27.4. The molecule has 0 fully saturated rings. The highest BCUT2D eigenvalue weighted by Crippen LogP contribution is 2.36. The van der Waals surface area contributed by atoms with Gasteiger partial charge in [-0.05, 0) is 63.0 Å². The lowest BCUT2D eigenvalue weighted by Crippen LogP contribution is -2.19. The molecule has 3 aromatic carbocycles. The molecule has 0 aliphatic heterocycles. The number of pyridine rings is 1. The van der Waals surface area contributed by atoms with E-state index in [1.54, 1.807) is 36.5 Å². The quantitative estimate of drug-likeness (QED) is 0.254. The third-order valence-electron chi connectivity index (χ3n) is 5.75. The summed E-state index contributed by atoms with van der Waals surface area (Å²) in [4.78, 5) is 19.3. The number of nitrogens with zero attached hydrogens (tertiary/aromatic N) is 2. The average molecular weight is 568 g/mol. The number of carbonyl (C=O) groups is 1. The van der Waals surface area contributed by atoms with Gasteiger partial charge in [-0.25, -0.2) is 4.98 Å². The number of benzene rings is 3. The molecule has 0 unspecified atom stereocenters. The number of carbonyl (C=O) groups excluding carboxylic acids is 1. The molecule has 1 amide bonds. The molecule has 9 heteroatoms. The third-order valence-corrected chi connectivity index (χ3v) is 6.54. The zero-order valence-electron chi connectivity index (χ0n) is 21.0. The predicted octanol–water partition coefficient (Wildman–Crippen LogP) is 6.68. The Bertz CT molecular complexity index is 1560. The lowest BCUT2D eigenvalue weighted by Gasteiger charge is -2.14. The molecular weight excluding hydrogens is 543 g/mol. The summed E-state index contributed by atoms with van der Waals surface area (Å²) in [6.07, 6.45) is 1.68. The highest BCUT2D eigenvalue weighted by molar-refractivity contribution is 6.37. The van der Waals surface area contributed by atoms with Crippen molar-refractivity contribution in [2.75, 3.05) is 38.3 Å². The summed E-state index contributed by atoms with van der Waals surface area (Å²) in [6, 6.07) is 14.0. The van der Waals surface area contributed by atoms with Crippen molar-refractivity contribution in [1.29, 1.82) is 0 Å². The summed E-state index contributed by atoms with van der Waals surface area (Å²) in [7, 11) is 3.89. The number of fused-ring (bicyclic) bond motifs is 1. The van der Waals surface area contributed by atoms with Crippen LogP contribution in [0.25, 0.3) is 10.8 Å². The molecule has 0 radical (unpaired) electrons. The van der Waals surface area contributed by atoms with Crippen LogP contribution >= 0.6 is 34.8 Å². The Labute approximate surface area is 236 Å². The molecule has 1 heterocycles. The molecule has 0 spiro atoms. The summed E-state index contributed by atoms with van der Waals surface area (Å²) >= 11 is 18.9. The number of ether oxygens (including phenoxy) is 1. The van der Waals surface area contributed by atoms with Crippen LogP contribution in [0.2, 0.25) is 15.1 Å². The Morgan fingerprint density at radius 2 is 1.79 bits per heavy atom. The van der Waals surface area contributed by atoms with Crippen LogP contribution in [0.15, 0.2) is 54.7 Å². The van der Waals surface area contributed by atoms with Gasteiger partial charge in [0.1, 0.15) is 12.4 Å². The molecule has 0 saturated heterocycles. The first-order chi connectivity index (χ1) is 18.1. The second-order valence-corrected chi connectivity index (χ2v) is 10.2. The van der Waals surface area contributed by atoms with Gasteiger partial charge in [-0.2, -0.15) is 0 Å². The van der Waals surface area contributed by atoms with Crippen molar-refractivity contribution in [3.63, 3.8) is 0 Å². The number of aryl methyl sites for hydroxylation is 1. The Balaban J connectivity index is 1.58. The average Bonchev–Trinajstić information content (AvgIpc) is 2.85. The largest absolute Gasteiger partial charge is 0.489 e. The Hall–Kier alpha value is -3.47. The second-order valence-electron chi connectivity index (χ2n) is 8.90. The van der Waals surface area contributed by atoms with Crippen LogP contribution in [0.3, 0.4) is 0 Å². The van der Waals surface area contributed by atoms with Crippen LogP contribution in [0.4, 0.5) is 11.5 Å². The zero-order valence-corrected chi connectivity index (χ0v) is 23.3. The number of nitrogen functional groups attached to an aromatic ring is 1. The van der Waals surface area contributed by atoms with Crippen molar-refractivity contribution in [2.24, 2.45) is 0 Å². The third kappa shape index (κ3) is 6.50. The number of anilines is 2. The maximum atomic E-state index is 13.0. The van der Waals surface area contributed by atoms with E-state index in [2.05, 4.69) is 22.1 Å². The second kappa shape index (κ2) is 11.9. The summed E-state index contributed by atoms with van der Waals surface area (Å²) in [6.45, 7) is 3.06. The Morgan fingerprint density at radius 1 is 1.05 bits per heavy atom. The van der Waals surface area contributed by atoms with E-state index in [0.29, 0.717) is 62.2 Å². The summed E-state index contributed by atoms with van der Waals surface area (Å²) in [5, 5.41) is 5.72. The van der Waals surface area contributed by atoms with Gasteiger partial charge in [0.25, 0.3) is 5.91 Å². The molecule has 0 saturated carbocycles. The van der Waals surface area contributed by atoms with Crippen LogP contribution in [-0.2, 0) is 0 Å². The van der Waals surface area contributed by atoms with E-state index < -0.39 is 0 Å². The van der Waals surface area contributed by atoms with Crippen molar-refractivity contribution in [1.82, 2.24) is 9.88 Å². The van der Waals surface area contributed by atoms with Crippen molar-refractivity contribution >= 4 is 63.0 Å². The molecule has 0 atom stereocenters. The first-order valence-corrected chi connectivity index (χ1v) is 12.8. The van der Waals surface area contributed by atoms with Gasteiger partial charge in [0.05, 0.1) is 15.6 Å². The number of likely N-dealkylation sites (N-methyl/N-ethyl adjacent to an activating group) is 1. The van der Waals surface area contributed by atoms with Gasteiger partial charge in [0.15, 0.2) is 5.75 Å². The molecule has 194 valence electrons. The van der Waals surface area contributed by atoms with Gasteiger partial charge in [-0.15, -0.1) is 0 Å². The van der Waals surface area contributed by atoms with E-state index in [9.17, 15) is 4.79 Å². The van der Waals surface area contributed by atoms with Crippen molar-refractivity contribution in [3.8, 4) is 17.6 Å². The molecule has 1 aromatic heterocycles. The number of nitrogens with one attached hydrogen (secondary N) is 1. The van der Waals surface area contributed by atoms with E-state index in [0.717, 1.165) is 16.3 Å². The van der Waals surface area contributed by atoms with E-state index in [-0.39, 0.29) is 5.91 Å². The summed E-state index contributed by atoms with van der Waals surface area (Å²) < 4.78 is 5.70. The number of nitrogens with two attached hydrogens (primary N) is 1. The van der Waals surface area contributed by atoms with Crippen LogP contribution in [0, 0.1) is 18.8 Å². The number of rotatable bonds is 6. The van der Waals surface area contributed by atoms with Crippen molar-refractivity contribution < 1.29 is 9.53 Å². The van der Waals surface area contributed by atoms with Gasteiger partial charge < -0.3 is 20.7 Å². The molecule has 0 aliphatic rings. The van der Waals surface area contributed by atoms with Crippen LogP contribution in [-0.4, -0.2) is 43.0 Å². The van der Waals surface area contributed by atoms with E-state index in [4.69, 9.17) is 45.3 Å². The molecule has 4 aromatic rings. The van der Waals surface area contributed by atoms with Crippen LogP contribution < -0.4 is 15.8 Å². The first-order valence-electron chi connectivity index (χ1n) is 11.7. The number of amides is 1. The van der Waals surface area contributed by atoms with Gasteiger partial charge in [0.2, 0.25) is 0 Å². The minimum atomic E-state index is -0.334. The van der Waals surface area contributed by atoms with Crippen molar-refractivity contribution in [2.45, 2.75) is 6.92 Å². The number of hydrogen-bond acceptors (Lipinski definition) is 5. The van der Waals surface area contributed by atoms with E-state index in [1.807, 2.05) is 44.1 Å². The van der Waals surface area contributed by atoms with Gasteiger partial charge in [-0.1, -0.05) is 58.8 Å². The van der Waals surface area contributed by atoms with Gasteiger partial charge >= 0.3 is 0 Å². The highest BCUT2D eigenvalue weighted by Gasteiger charge is 2.14. The first kappa shape index (κ1) is 27.6. The normalized spacial score (nSPS) is 10.8. The number of hydrogen-bond donors (Lipinski definition) is 2. The standard InChI is InChI=1S/C29H25Cl3N4O2/c1-17-4-5-19(29(37)35-22-14-25(31)27(26(32)15-22)38-11-10-36(2)3)12-18(17)7-9-23-24-13-21(30)8-6-20(24)16-34-28(23)33/h4-6,8,12-16H,10-11H2,1-3H3,(H2,33,34)(H,35,37). The van der Waals surface area contributed by atoms with Gasteiger partial charge in [-0.3, -0.25) is 4.79 Å². The SMILES string of the molecule is Cc1ccc(C(=O)Nc2cc(Cl)c(OCCN(C)C)c(Cl)c2)cc1C#Cc1c(N)ncc2ccc(Cl)cc12. The van der Waals surface area contributed by atoms with Crippen LogP contribution in [0.5, 0.6) is 5.75 Å². The maximum Gasteiger partial charge on any atom is 0.255 e. The topological polar surface area (TPSA) is 80.5 Å². The van der Waals surface area contributed by atoms with E-state index >= 15 is 0 Å². The lowest BCUT2D eigenvalue weighted by atomic mass is 10.0. The van der Waals surface area contributed by atoms with E-state index in [1.165, 1.54) is 0 Å². The molecule has 3 N–H and O–H groups in total. The smallest absolute Gasteiger partial charge is 0.255 e. The fourth-order valence-electron chi connectivity index (χ4n) is 3.66. The fraction of sp³-hybridized carbons (Fsp3) is 0.172. The summed E-state index contributed by atoms with van der Waals surface area (Å²) in [5.74, 6) is 6.61. The number of halogens is 3. The maximum absolute atomic E-state index is 13.0. The van der Waals surface area contributed by atoms with Crippen molar-refractivity contribution in [3.05, 3.63) is 92.0 Å². The van der Waals surface area contributed by atoms with Crippen LogP contribution in [0.1, 0.15) is 27.0 Å². The lowest BCUT2D eigenvalue weighted by molar-refractivity contribution is 0.102. The minimum Gasteiger partial charge on any atom is -0.489 e. The molecule has 0 aliphatic carbocycles. The molecule has 6 nitrogen and oxygen atoms in total. The fourth-order valence-corrected chi connectivity index (χ4v) is 4.43. The summed E-state index contributed by atoms with van der Waals surface area (Å²) in [5.41, 5.74) is 9.16. The Morgan fingerprint density at radius 3 is 2.50 bits per heavy atom. The minimum absolute atomic E-state index is 0.307. The molecule has 38 heavy (non-hydrogen) atoms. The van der Waals surface area contributed by atoms with Gasteiger partial charge in [0, 0.05) is 45.4 Å². The Kier molecular flexibility index (Phi) is 8.65. The molecule has 0 bridgehead atoms. The monoisotopic (exact) mass is 566 g/mol. The predicted molar refractivity (Wildman–Crippen MR) is 157 cm³/mol. The molecule has 4 rings (SSSR count). The molecular formula is C29H25Cl3N4O2. The highest BCUT2D eigenvalue weighted by atomic mass is 35.5.